The Morgan fingerprint density at radius 2 is 1.78 bits per heavy atom. The van der Waals surface area contributed by atoms with Crippen LogP contribution in [-0.4, -0.2) is 10.8 Å². The fourth-order valence-corrected chi connectivity index (χ4v) is 2.92. The minimum atomic E-state index is -0.473. The van der Waals surface area contributed by atoms with Gasteiger partial charge in [-0.05, 0) is 72.5 Å². The number of benzene rings is 3. The van der Waals surface area contributed by atoms with Gasteiger partial charge in [-0.3, -0.25) is 14.9 Å². The number of nitriles is 1. The van der Waals surface area contributed by atoms with Crippen LogP contribution in [0, 0.1) is 35.3 Å². The lowest BCUT2D eigenvalue weighted by atomic mass is 10.1. The molecule has 0 heterocycles. The van der Waals surface area contributed by atoms with Gasteiger partial charge in [0.1, 0.15) is 24.0 Å². The van der Waals surface area contributed by atoms with Crippen LogP contribution in [0.5, 0.6) is 5.75 Å². The summed E-state index contributed by atoms with van der Waals surface area (Å²) in [7, 11) is 0. The van der Waals surface area contributed by atoms with Crippen LogP contribution in [-0.2, 0) is 11.4 Å². The Bertz CT molecular complexity index is 1210. The number of hydrogen-bond acceptors (Lipinski definition) is 5. The van der Waals surface area contributed by atoms with Crippen LogP contribution < -0.4 is 10.1 Å². The van der Waals surface area contributed by atoms with Gasteiger partial charge in [-0.2, -0.15) is 5.26 Å². The minimum absolute atomic E-state index is 0.00884. The van der Waals surface area contributed by atoms with Gasteiger partial charge < -0.3 is 10.1 Å². The predicted octanol–water partition coefficient (Wildman–Crippen LogP) is 5.34. The highest BCUT2D eigenvalue weighted by Gasteiger charge is 2.11. The van der Waals surface area contributed by atoms with Crippen LogP contribution in [0.2, 0.25) is 0 Å². The number of aryl methyl sites for hydroxylation is 2. The molecule has 0 bridgehead atoms. The highest BCUT2D eigenvalue weighted by atomic mass is 16.6. The first kappa shape index (κ1) is 22.2. The fourth-order valence-electron chi connectivity index (χ4n) is 2.92. The third-order valence-corrected chi connectivity index (χ3v) is 4.75. The van der Waals surface area contributed by atoms with Crippen molar-refractivity contribution in [2.75, 3.05) is 5.32 Å². The molecule has 1 amide bonds. The summed E-state index contributed by atoms with van der Waals surface area (Å²) in [6.07, 6.45) is 1.51. The fraction of sp³-hybridized carbons (Fsp3) is 0.120. The van der Waals surface area contributed by atoms with Gasteiger partial charge >= 0.3 is 0 Å². The molecular formula is C25H21N3O4. The number of rotatable bonds is 7. The molecule has 7 heteroatoms. The Morgan fingerprint density at radius 3 is 2.41 bits per heavy atom. The molecule has 32 heavy (non-hydrogen) atoms. The van der Waals surface area contributed by atoms with E-state index >= 15 is 0 Å². The zero-order chi connectivity index (χ0) is 23.1. The summed E-state index contributed by atoms with van der Waals surface area (Å²) in [5.41, 5.74) is 4.10. The van der Waals surface area contributed by atoms with Crippen molar-refractivity contribution >= 4 is 23.4 Å². The van der Waals surface area contributed by atoms with E-state index in [9.17, 15) is 20.2 Å². The molecule has 0 aliphatic carbocycles. The summed E-state index contributed by atoms with van der Waals surface area (Å²) in [6.45, 7) is 4.08. The van der Waals surface area contributed by atoms with E-state index < -0.39 is 10.8 Å². The van der Waals surface area contributed by atoms with E-state index in [-0.39, 0.29) is 17.9 Å². The van der Waals surface area contributed by atoms with Crippen LogP contribution in [0.25, 0.3) is 6.08 Å². The Hall–Kier alpha value is -4.44. The van der Waals surface area contributed by atoms with Crippen molar-refractivity contribution in [3.63, 3.8) is 0 Å². The maximum Gasteiger partial charge on any atom is 0.269 e. The van der Waals surface area contributed by atoms with Crippen LogP contribution >= 0.6 is 0 Å². The number of non-ortho nitro benzene ring substituents is 1. The Balaban J connectivity index is 1.64. The van der Waals surface area contributed by atoms with E-state index in [1.54, 1.807) is 36.4 Å². The average Bonchev–Trinajstić information content (AvgIpc) is 2.79. The molecule has 3 aromatic rings. The Kier molecular flexibility index (Phi) is 6.99. The van der Waals surface area contributed by atoms with Crippen molar-refractivity contribution in [3.05, 3.63) is 105 Å². The number of nitro groups is 1. The third kappa shape index (κ3) is 5.80. The molecule has 0 aliphatic heterocycles. The van der Waals surface area contributed by atoms with Crippen molar-refractivity contribution in [2.24, 2.45) is 0 Å². The minimum Gasteiger partial charge on any atom is -0.489 e. The summed E-state index contributed by atoms with van der Waals surface area (Å²) in [6, 6.07) is 20.8. The standard InChI is InChI=1S/C25H21N3O4/c1-17-3-4-18(2)24(13-17)27-25(29)21(15-26)14-19-7-11-23(12-8-19)32-16-20-5-9-22(10-6-20)28(30)31/h3-14H,16H2,1-2H3,(H,27,29)/b21-14+. The second-order valence-corrected chi connectivity index (χ2v) is 7.22. The molecule has 0 aromatic heterocycles. The Morgan fingerprint density at radius 1 is 1.09 bits per heavy atom. The quantitative estimate of drug-likeness (QED) is 0.237. The highest BCUT2D eigenvalue weighted by molar-refractivity contribution is 6.10. The van der Waals surface area contributed by atoms with E-state index in [2.05, 4.69) is 5.32 Å². The molecule has 1 N–H and O–H groups in total. The molecule has 3 aromatic carbocycles. The molecule has 0 unspecified atom stereocenters. The molecule has 160 valence electrons. The van der Waals surface area contributed by atoms with Crippen LogP contribution in [0.15, 0.2) is 72.3 Å². The van der Waals surface area contributed by atoms with Crippen molar-refractivity contribution in [1.29, 1.82) is 5.26 Å². The molecule has 0 radical (unpaired) electrons. The number of carbonyl (C=O) groups is 1. The average molecular weight is 427 g/mol. The third-order valence-electron chi connectivity index (χ3n) is 4.75. The number of hydrogen-bond donors (Lipinski definition) is 1. The van der Waals surface area contributed by atoms with Gasteiger partial charge in [0.05, 0.1) is 4.92 Å². The monoisotopic (exact) mass is 427 g/mol. The first-order valence-corrected chi connectivity index (χ1v) is 9.82. The smallest absolute Gasteiger partial charge is 0.269 e. The number of nitro benzene ring substituents is 1. The SMILES string of the molecule is Cc1ccc(C)c(NC(=O)/C(C#N)=C/c2ccc(OCc3ccc([N+](=O)[O-])cc3)cc2)c1. The van der Waals surface area contributed by atoms with Crippen molar-refractivity contribution in [2.45, 2.75) is 20.5 Å². The molecule has 0 aliphatic rings. The van der Waals surface area contributed by atoms with Crippen molar-refractivity contribution in [3.8, 4) is 11.8 Å². The van der Waals surface area contributed by atoms with Gasteiger partial charge in [0.25, 0.3) is 11.6 Å². The number of ether oxygens (including phenoxy) is 1. The van der Waals surface area contributed by atoms with E-state index in [0.717, 1.165) is 16.7 Å². The number of nitrogens with zero attached hydrogens (tertiary/aromatic N) is 2. The maximum absolute atomic E-state index is 12.5. The topological polar surface area (TPSA) is 105 Å². The molecule has 0 atom stereocenters. The first-order valence-electron chi connectivity index (χ1n) is 9.82. The second-order valence-electron chi connectivity index (χ2n) is 7.22. The van der Waals surface area contributed by atoms with Gasteiger partial charge in [-0.1, -0.05) is 24.3 Å². The first-order chi connectivity index (χ1) is 15.4. The second kappa shape index (κ2) is 10.0. The van der Waals surface area contributed by atoms with Crippen LogP contribution in [0.4, 0.5) is 11.4 Å². The van der Waals surface area contributed by atoms with Gasteiger partial charge in [0, 0.05) is 17.8 Å². The molecule has 7 nitrogen and oxygen atoms in total. The number of carbonyl (C=O) groups excluding carboxylic acids is 1. The summed E-state index contributed by atoms with van der Waals surface area (Å²) in [4.78, 5) is 22.8. The summed E-state index contributed by atoms with van der Waals surface area (Å²) < 4.78 is 5.69. The zero-order valence-corrected chi connectivity index (χ0v) is 17.7. The summed E-state index contributed by atoms with van der Waals surface area (Å²) >= 11 is 0. The Labute approximate surface area is 185 Å². The van der Waals surface area contributed by atoms with Gasteiger partial charge in [0.15, 0.2) is 0 Å². The van der Waals surface area contributed by atoms with Gasteiger partial charge in [-0.25, -0.2) is 0 Å². The lowest BCUT2D eigenvalue weighted by molar-refractivity contribution is -0.384. The highest BCUT2D eigenvalue weighted by Crippen LogP contribution is 2.20. The number of nitrogens with one attached hydrogen (secondary N) is 1. The van der Waals surface area contributed by atoms with E-state index in [4.69, 9.17) is 4.74 Å². The molecule has 3 rings (SSSR count). The lowest BCUT2D eigenvalue weighted by Gasteiger charge is -2.09. The largest absolute Gasteiger partial charge is 0.489 e. The summed E-state index contributed by atoms with van der Waals surface area (Å²) in [5, 5.41) is 22.9. The van der Waals surface area contributed by atoms with Crippen LogP contribution in [0.1, 0.15) is 22.3 Å². The normalized spacial score (nSPS) is 10.8. The van der Waals surface area contributed by atoms with Crippen LogP contribution in [0.3, 0.4) is 0 Å². The van der Waals surface area contributed by atoms with E-state index in [1.165, 1.54) is 18.2 Å². The maximum atomic E-state index is 12.5. The predicted molar refractivity (Wildman–Crippen MR) is 122 cm³/mol. The number of anilines is 1. The number of amides is 1. The zero-order valence-electron chi connectivity index (χ0n) is 17.7. The lowest BCUT2D eigenvalue weighted by Crippen LogP contribution is -2.14. The van der Waals surface area contributed by atoms with Crippen molar-refractivity contribution in [1.82, 2.24) is 0 Å². The van der Waals surface area contributed by atoms with E-state index in [0.29, 0.717) is 17.0 Å². The molecule has 0 fully saturated rings. The van der Waals surface area contributed by atoms with Gasteiger partial charge in [-0.15, -0.1) is 0 Å². The molecule has 0 saturated carbocycles. The van der Waals surface area contributed by atoms with E-state index in [1.807, 2.05) is 38.1 Å². The van der Waals surface area contributed by atoms with Crippen molar-refractivity contribution < 1.29 is 14.5 Å². The molecular weight excluding hydrogens is 406 g/mol. The molecule has 0 saturated heterocycles. The summed E-state index contributed by atoms with van der Waals surface area (Å²) in [5.74, 6) is 0.124. The van der Waals surface area contributed by atoms with Gasteiger partial charge in [0.2, 0.25) is 0 Å². The molecule has 0 spiro atoms.